The maximum atomic E-state index is 6.25. The third-order valence-electron chi connectivity index (χ3n) is 4.85. The summed E-state index contributed by atoms with van der Waals surface area (Å²) < 4.78 is 1.12. The fourth-order valence-corrected chi connectivity index (χ4v) is 4.18. The van der Waals surface area contributed by atoms with Crippen molar-refractivity contribution in [3.63, 3.8) is 0 Å². The fraction of sp³-hybridized carbons (Fsp3) is 0.562. The van der Waals surface area contributed by atoms with Gasteiger partial charge in [-0.15, -0.1) is 0 Å². The second kappa shape index (κ2) is 5.40. The molecule has 0 amide bonds. The molecule has 2 aliphatic rings. The molecule has 1 fully saturated rings. The molecule has 1 aromatic rings. The Hall–Kier alpha value is -1.03. The van der Waals surface area contributed by atoms with Crippen LogP contribution in [0.25, 0.3) is 0 Å². The number of halogens is 1. The van der Waals surface area contributed by atoms with E-state index in [0.717, 1.165) is 23.4 Å². The molecule has 1 saturated carbocycles. The Kier molecular flexibility index (Phi) is 3.76. The first-order valence-corrected chi connectivity index (χ1v) is 8.32. The molecule has 3 rings (SSSR count). The number of nitrogens with two attached hydrogens (primary N) is 1. The predicted octanol–water partition coefficient (Wildman–Crippen LogP) is 3.63. The van der Waals surface area contributed by atoms with Crippen molar-refractivity contribution >= 4 is 21.9 Å². The lowest BCUT2D eigenvalue weighted by molar-refractivity contribution is 0.143. The van der Waals surface area contributed by atoms with Crippen molar-refractivity contribution < 1.29 is 0 Å². The van der Waals surface area contributed by atoms with E-state index in [1.165, 1.54) is 31.2 Å². The van der Waals surface area contributed by atoms with Crippen LogP contribution >= 0.6 is 15.9 Å². The highest BCUT2D eigenvalue weighted by molar-refractivity contribution is 9.10. The molecule has 4 heteroatoms. The van der Waals surface area contributed by atoms with Gasteiger partial charge < -0.3 is 10.6 Å². The predicted molar refractivity (Wildman–Crippen MR) is 86.7 cm³/mol. The van der Waals surface area contributed by atoms with Gasteiger partial charge in [-0.3, -0.25) is 4.99 Å². The van der Waals surface area contributed by atoms with Gasteiger partial charge in [-0.25, -0.2) is 0 Å². The minimum Gasteiger partial charge on any atom is -0.370 e. The summed E-state index contributed by atoms with van der Waals surface area (Å²) in [5, 5.41) is 0. The summed E-state index contributed by atoms with van der Waals surface area (Å²) in [4.78, 5) is 7.02. The van der Waals surface area contributed by atoms with Gasteiger partial charge in [0.1, 0.15) is 0 Å². The standard InChI is InChI=1S/C16H22BrN3/c1-2-16(12-6-5-7-13(17)10-12)11-19-15(18)20(16)14-8-3-4-9-14/h5-7,10,14H,2-4,8-9,11H2,1H3,(H2,18,19). The zero-order chi connectivity index (χ0) is 14.2. The molecular weight excluding hydrogens is 314 g/mol. The average Bonchev–Trinajstić information content (AvgIpc) is 3.06. The van der Waals surface area contributed by atoms with Crippen LogP contribution in [0.1, 0.15) is 44.6 Å². The van der Waals surface area contributed by atoms with Crippen molar-refractivity contribution in [1.82, 2.24) is 4.90 Å². The second-order valence-corrected chi connectivity index (χ2v) is 6.79. The Bertz CT molecular complexity index is 522. The topological polar surface area (TPSA) is 41.6 Å². The van der Waals surface area contributed by atoms with Crippen molar-refractivity contribution in [3.05, 3.63) is 34.3 Å². The summed E-state index contributed by atoms with van der Waals surface area (Å²) in [6.45, 7) is 3.03. The maximum Gasteiger partial charge on any atom is 0.192 e. The second-order valence-electron chi connectivity index (χ2n) is 5.88. The minimum atomic E-state index is -0.0527. The van der Waals surface area contributed by atoms with Crippen LogP contribution in [-0.4, -0.2) is 23.4 Å². The van der Waals surface area contributed by atoms with Crippen LogP contribution in [0.3, 0.4) is 0 Å². The van der Waals surface area contributed by atoms with E-state index in [0.29, 0.717) is 6.04 Å². The third-order valence-corrected chi connectivity index (χ3v) is 5.34. The van der Waals surface area contributed by atoms with E-state index in [1.54, 1.807) is 0 Å². The number of benzene rings is 1. The van der Waals surface area contributed by atoms with Gasteiger partial charge >= 0.3 is 0 Å². The number of hydrogen-bond acceptors (Lipinski definition) is 3. The highest BCUT2D eigenvalue weighted by Gasteiger charge is 2.46. The molecule has 20 heavy (non-hydrogen) atoms. The molecule has 0 saturated heterocycles. The van der Waals surface area contributed by atoms with Gasteiger partial charge in [0.2, 0.25) is 0 Å². The van der Waals surface area contributed by atoms with E-state index in [4.69, 9.17) is 5.73 Å². The molecule has 0 spiro atoms. The van der Waals surface area contributed by atoms with E-state index in [-0.39, 0.29) is 5.54 Å². The zero-order valence-corrected chi connectivity index (χ0v) is 13.6. The molecule has 1 unspecified atom stereocenters. The SMILES string of the molecule is CCC1(c2cccc(Br)c2)CN=C(N)N1C1CCCC1. The van der Waals surface area contributed by atoms with Gasteiger partial charge in [0.05, 0.1) is 12.1 Å². The van der Waals surface area contributed by atoms with Gasteiger partial charge in [0.15, 0.2) is 5.96 Å². The van der Waals surface area contributed by atoms with Gasteiger partial charge in [-0.2, -0.15) is 0 Å². The number of aliphatic imine (C=N–C) groups is 1. The molecule has 1 aromatic carbocycles. The van der Waals surface area contributed by atoms with Crippen LogP contribution in [0.4, 0.5) is 0 Å². The summed E-state index contributed by atoms with van der Waals surface area (Å²) in [6, 6.07) is 9.17. The fourth-order valence-electron chi connectivity index (χ4n) is 3.78. The summed E-state index contributed by atoms with van der Waals surface area (Å²) in [6.07, 6.45) is 6.14. The van der Waals surface area contributed by atoms with E-state index in [1.807, 2.05) is 0 Å². The molecule has 108 valence electrons. The molecule has 1 atom stereocenters. The quantitative estimate of drug-likeness (QED) is 0.916. The van der Waals surface area contributed by atoms with Crippen LogP contribution in [0.2, 0.25) is 0 Å². The van der Waals surface area contributed by atoms with Crippen molar-refractivity contribution in [1.29, 1.82) is 0 Å². The lowest BCUT2D eigenvalue weighted by Crippen LogP contribution is -2.53. The van der Waals surface area contributed by atoms with Crippen LogP contribution in [0.5, 0.6) is 0 Å². The Balaban J connectivity index is 2.02. The van der Waals surface area contributed by atoms with E-state index < -0.39 is 0 Å². The highest BCUT2D eigenvalue weighted by atomic mass is 79.9. The third kappa shape index (κ3) is 2.14. The first kappa shape index (κ1) is 13.9. The molecule has 1 heterocycles. The number of nitrogens with zero attached hydrogens (tertiary/aromatic N) is 2. The highest BCUT2D eigenvalue weighted by Crippen LogP contribution is 2.41. The Morgan fingerprint density at radius 2 is 2.15 bits per heavy atom. The summed E-state index contributed by atoms with van der Waals surface area (Å²) in [5.74, 6) is 0.735. The molecule has 0 aromatic heterocycles. The number of hydrogen-bond donors (Lipinski definition) is 1. The van der Waals surface area contributed by atoms with Gasteiger partial charge in [-0.1, -0.05) is 47.8 Å². The summed E-state index contributed by atoms with van der Waals surface area (Å²) in [7, 11) is 0. The lowest BCUT2D eigenvalue weighted by atomic mass is 9.85. The van der Waals surface area contributed by atoms with Crippen LogP contribution < -0.4 is 5.73 Å². The normalized spacial score (nSPS) is 27.1. The van der Waals surface area contributed by atoms with Crippen LogP contribution in [0.15, 0.2) is 33.7 Å². The Labute approximate surface area is 129 Å². The molecule has 2 N–H and O–H groups in total. The van der Waals surface area contributed by atoms with Crippen molar-refractivity contribution in [2.45, 2.75) is 50.6 Å². The van der Waals surface area contributed by atoms with Crippen LogP contribution in [-0.2, 0) is 5.54 Å². The molecule has 0 radical (unpaired) electrons. The lowest BCUT2D eigenvalue weighted by Gasteiger charge is -2.43. The summed E-state index contributed by atoms with van der Waals surface area (Å²) >= 11 is 3.59. The van der Waals surface area contributed by atoms with Crippen molar-refractivity contribution in [2.75, 3.05) is 6.54 Å². The van der Waals surface area contributed by atoms with Crippen molar-refractivity contribution in [2.24, 2.45) is 10.7 Å². The van der Waals surface area contributed by atoms with Crippen molar-refractivity contribution in [3.8, 4) is 0 Å². The Morgan fingerprint density at radius 3 is 2.80 bits per heavy atom. The van der Waals surface area contributed by atoms with Gasteiger partial charge in [-0.05, 0) is 37.0 Å². The molecular formula is C16H22BrN3. The van der Waals surface area contributed by atoms with E-state index >= 15 is 0 Å². The van der Waals surface area contributed by atoms with Crippen LogP contribution in [0, 0.1) is 0 Å². The molecule has 1 aliphatic carbocycles. The minimum absolute atomic E-state index is 0.0527. The number of rotatable bonds is 3. The first-order chi connectivity index (χ1) is 9.67. The monoisotopic (exact) mass is 335 g/mol. The Morgan fingerprint density at radius 1 is 1.40 bits per heavy atom. The molecule has 1 aliphatic heterocycles. The molecule has 0 bridgehead atoms. The number of guanidine groups is 1. The zero-order valence-electron chi connectivity index (χ0n) is 12.0. The average molecular weight is 336 g/mol. The van der Waals surface area contributed by atoms with E-state index in [2.05, 4.69) is 57.0 Å². The largest absolute Gasteiger partial charge is 0.370 e. The van der Waals surface area contributed by atoms with E-state index in [9.17, 15) is 0 Å². The summed E-state index contributed by atoms with van der Waals surface area (Å²) in [5.41, 5.74) is 7.52. The molecule has 3 nitrogen and oxygen atoms in total. The first-order valence-electron chi connectivity index (χ1n) is 7.52. The van der Waals surface area contributed by atoms with Gasteiger partial charge in [0, 0.05) is 10.5 Å². The van der Waals surface area contributed by atoms with Gasteiger partial charge in [0.25, 0.3) is 0 Å². The smallest absolute Gasteiger partial charge is 0.192 e. The maximum absolute atomic E-state index is 6.25.